The summed E-state index contributed by atoms with van der Waals surface area (Å²) in [5, 5.41) is 23.4. The highest BCUT2D eigenvalue weighted by Crippen LogP contribution is 2.24. The van der Waals surface area contributed by atoms with Gasteiger partial charge in [0.2, 0.25) is 5.76 Å². The lowest BCUT2D eigenvalue weighted by Gasteiger charge is -2.13. The number of hydrogen-bond acceptors (Lipinski definition) is 5. The standard InChI is InChI=1S/C19H18ClNO5/c20-14-3-1-2-12(8-14)16(22)11-21-6-7-25-15-4-5-17-13(9-15)10-18(26-17)19(23)24/h1-5,8-10,16,21-22H,6-7,11H2,(H,23,24). The van der Waals surface area contributed by atoms with Gasteiger partial charge in [0.15, 0.2) is 0 Å². The van der Waals surface area contributed by atoms with E-state index in [1.807, 2.05) is 6.07 Å². The lowest BCUT2D eigenvalue weighted by atomic mass is 10.1. The first-order chi connectivity index (χ1) is 12.5. The molecule has 6 nitrogen and oxygen atoms in total. The molecule has 0 amide bonds. The zero-order valence-electron chi connectivity index (χ0n) is 13.8. The topological polar surface area (TPSA) is 91.9 Å². The molecule has 1 unspecified atom stereocenters. The molecule has 3 rings (SSSR count). The minimum absolute atomic E-state index is 0.103. The lowest BCUT2D eigenvalue weighted by molar-refractivity contribution is 0.0665. The molecule has 1 atom stereocenters. The van der Waals surface area contributed by atoms with Gasteiger partial charge in [-0.2, -0.15) is 0 Å². The second kappa shape index (κ2) is 8.23. The number of carboxylic acids is 1. The van der Waals surface area contributed by atoms with Gasteiger partial charge in [0.25, 0.3) is 0 Å². The average Bonchev–Trinajstić information content (AvgIpc) is 3.05. The van der Waals surface area contributed by atoms with Crippen molar-refractivity contribution >= 4 is 28.5 Å². The van der Waals surface area contributed by atoms with Gasteiger partial charge in [-0.3, -0.25) is 0 Å². The molecule has 0 bridgehead atoms. The van der Waals surface area contributed by atoms with Crippen molar-refractivity contribution in [3.05, 3.63) is 64.9 Å². The second-order valence-electron chi connectivity index (χ2n) is 5.74. The number of carbonyl (C=O) groups is 1. The Labute approximate surface area is 155 Å². The fourth-order valence-electron chi connectivity index (χ4n) is 2.53. The van der Waals surface area contributed by atoms with Crippen LogP contribution in [0.25, 0.3) is 11.0 Å². The van der Waals surface area contributed by atoms with Crippen molar-refractivity contribution in [3.63, 3.8) is 0 Å². The van der Waals surface area contributed by atoms with Crippen molar-refractivity contribution in [2.45, 2.75) is 6.10 Å². The Kier molecular flexibility index (Phi) is 5.78. The van der Waals surface area contributed by atoms with E-state index in [4.69, 9.17) is 25.9 Å². The molecule has 0 fully saturated rings. The van der Waals surface area contributed by atoms with Gasteiger partial charge < -0.3 is 24.7 Å². The van der Waals surface area contributed by atoms with Gasteiger partial charge in [-0.15, -0.1) is 0 Å². The Balaban J connectivity index is 1.46. The molecule has 0 radical (unpaired) electrons. The van der Waals surface area contributed by atoms with E-state index in [1.165, 1.54) is 6.07 Å². The van der Waals surface area contributed by atoms with Crippen molar-refractivity contribution in [2.75, 3.05) is 19.7 Å². The van der Waals surface area contributed by atoms with Crippen molar-refractivity contribution in [1.29, 1.82) is 0 Å². The van der Waals surface area contributed by atoms with Crippen LogP contribution in [0.1, 0.15) is 22.2 Å². The number of nitrogens with one attached hydrogen (secondary N) is 1. The molecular weight excluding hydrogens is 358 g/mol. The highest BCUT2D eigenvalue weighted by molar-refractivity contribution is 6.30. The van der Waals surface area contributed by atoms with Gasteiger partial charge >= 0.3 is 5.97 Å². The third kappa shape index (κ3) is 4.54. The Bertz CT molecular complexity index is 908. The van der Waals surface area contributed by atoms with E-state index in [1.54, 1.807) is 36.4 Å². The van der Waals surface area contributed by atoms with E-state index in [2.05, 4.69) is 5.32 Å². The largest absolute Gasteiger partial charge is 0.492 e. The van der Waals surface area contributed by atoms with Crippen molar-refractivity contribution in [1.82, 2.24) is 5.32 Å². The average molecular weight is 376 g/mol. The highest BCUT2D eigenvalue weighted by atomic mass is 35.5. The van der Waals surface area contributed by atoms with Crippen LogP contribution in [0, 0.1) is 0 Å². The first-order valence-corrected chi connectivity index (χ1v) is 8.44. The molecule has 0 aliphatic heterocycles. The van der Waals surface area contributed by atoms with E-state index in [0.717, 1.165) is 5.56 Å². The maximum atomic E-state index is 10.9. The predicted molar refractivity (Wildman–Crippen MR) is 97.9 cm³/mol. The van der Waals surface area contributed by atoms with E-state index >= 15 is 0 Å². The minimum Gasteiger partial charge on any atom is -0.492 e. The first-order valence-electron chi connectivity index (χ1n) is 8.07. The second-order valence-corrected chi connectivity index (χ2v) is 6.18. The Morgan fingerprint density at radius 1 is 1.23 bits per heavy atom. The van der Waals surface area contributed by atoms with Crippen molar-refractivity contribution in [2.24, 2.45) is 0 Å². The number of halogens is 1. The van der Waals surface area contributed by atoms with Crippen molar-refractivity contribution < 1.29 is 24.2 Å². The van der Waals surface area contributed by atoms with Gasteiger partial charge in [0, 0.05) is 23.5 Å². The van der Waals surface area contributed by atoms with E-state index in [-0.39, 0.29) is 5.76 Å². The molecule has 3 aromatic rings. The molecule has 26 heavy (non-hydrogen) atoms. The van der Waals surface area contributed by atoms with Gasteiger partial charge in [0.1, 0.15) is 17.9 Å². The zero-order chi connectivity index (χ0) is 18.5. The third-order valence-electron chi connectivity index (χ3n) is 3.82. The molecule has 2 aromatic carbocycles. The summed E-state index contributed by atoms with van der Waals surface area (Å²) in [7, 11) is 0. The molecule has 0 saturated heterocycles. The summed E-state index contributed by atoms with van der Waals surface area (Å²) < 4.78 is 10.8. The summed E-state index contributed by atoms with van der Waals surface area (Å²) in [5.74, 6) is -0.590. The maximum absolute atomic E-state index is 10.9. The Hall–Kier alpha value is -2.54. The quantitative estimate of drug-likeness (QED) is 0.522. The number of benzene rings is 2. The number of fused-ring (bicyclic) bond motifs is 1. The van der Waals surface area contributed by atoms with E-state index in [9.17, 15) is 9.90 Å². The van der Waals surface area contributed by atoms with Crippen LogP contribution in [0.15, 0.2) is 52.9 Å². The van der Waals surface area contributed by atoms with Crippen LogP contribution in [0.2, 0.25) is 5.02 Å². The number of aliphatic hydroxyl groups is 1. The summed E-state index contributed by atoms with van der Waals surface area (Å²) >= 11 is 5.91. The van der Waals surface area contributed by atoms with Gasteiger partial charge in [-0.1, -0.05) is 23.7 Å². The fraction of sp³-hybridized carbons (Fsp3) is 0.211. The minimum atomic E-state index is -1.11. The van der Waals surface area contributed by atoms with Crippen LogP contribution in [0.4, 0.5) is 0 Å². The molecule has 1 aromatic heterocycles. The van der Waals surface area contributed by atoms with Crippen LogP contribution in [-0.4, -0.2) is 35.9 Å². The van der Waals surface area contributed by atoms with Crippen molar-refractivity contribution in [3.8, 4) is 5.75 Å². The maximum Gasteiger partial charge on any atom is 0.371 e. The summed E-state index contributed by atoms with van der Waals surface area (Å²) in [4.78, 5) is 10.9. The molecule has 7 heteroatoms. The molecule has 0 aliphatic rings. The molecule has 0 saturated carbocycles. The normalized spacial score (nSPS) is 12.2. The van der Waals surface area contributed by atoms with Gasteiger partial charge in [-0.25, -0.2) is 4.79 Å². The monoisotopic (exact) mass is 375 g/mol. The fourth-order valence-corrected chi connectivity index (χ4v) is 2.73. The third-order valence-corrected chi connectivity index (χ3v) is 4.05. The summed E-state index contributed by atoms with van der Waals surface area (Å²) in [5.41, 5.74) is 1.25. The SMILES string of the molecule is O=C(O)c1cc2cc(OCCNCC(O)c3cccc(Cl)c3)ccc2o1. The lowest BCUT2D eigenvalue weighted by Crippen LogP contribution is -2.26. The zero-order valence-corrected chi connectivity index (χ0v) is 14.6. The number of rotatable bonds is 8. The van der Waals surface area contributed by atoms with E-state index in [0.29, 0.717) is 41.4 Å². The molecule has 0 aliphatic carbocycles. The van der Waals surface area contributed by atoms with E-state index < -0.39 is 12.1 Å². The summed E-state index contributed by atoms with van der Waals surface area (Å²) in [6, 6.07) is 13.7. The number of hydrogen-bond donors (Lipinski definition) is 3. The Morgan fingerprint density at radius 2 is 2.08 bits per heavy atom. The molecular formula is C19H18ClNO5. The van der Waals surface area contributed by atoms with Crippen LogP contribution >= 0.6 is 11.6 Å². The molecule has 0 spiro atoms. The molecule has 1 heterocycles. The number of carboxylic acid groups (broad SMARTS) is 1. The highest BCUT2D eigenvalue weighted by Gasteiger charge is 2.11. The van der Waals surface area contributed by atoms with Crippen LogP contribution < -0.4 is 10.1 Å². The van der Waals surface area contributed by atoms with Gasteiger partial charge in [0.05, 0.1) is 6.10 Å². The molecule has 136 valence electrons. The summed E-state index contributed by atoms with van der Waals surface area (Å²) in [6.07, 6.45) is -0.648. The summed E-state index contributed by atoms with van der Waals surface area (Å²) in [6.45, 7) is 1.32. The predicted octanol–water partition coefficient (Wildman–Crippen LogP) is 3.49. The molecule has 3 N–H and O–H groups in total. The first kappa shape index (κ1) is 18.3. The van der Waals surface area contributed by atoms with Crippen LogP contribution in [-0.2, 0) is 0 Å². The Morgan fingerprint density at radius 3 is 2.85 bits per heavy atom. The van der Waals surface area contributed by atoms with Crippen LogP contribution in [0.5, 0.6) is 5.75 Å². The number of furan rings is 1. The number of aromatic carboxylic acids is 1. The number of aliphatic hydroxyl groups excluding tert-OH is 1. The van der Waals surface area contributed by atoms with Gasteiger partial charge in [-0.05, 0) is 42.0 Å². The smallest absolute Gasteiger partial charge is 0.371 e. The van der Waals surface area contributed by atoms with Crippen LogP contribution in [0.3, 0.4) is 0 Å². The number of ether oxygens (including phenoxy) is 1.